The molecule has 3 heteroatoms. The molecule has 4 fully saturated rings. The molecular formula is C23H34O3. The third-order valence-electron chi connectivity index (χ3n) is 6.52. The van der Waals surface area contributed by atoms with Crippen LogP contribution in [0.2, 0.25) is 0 Å². The van der Waals surface area contributed by atoms with Crippen molar-refractivity contribution in [2.45, 2.75) is 71.3 Å². The van der Waals surface area contributed by atoms with Gasteiger partial charge >= 0.3 is 0 Å². The minimum Gasteiger partial charge on any atom is -0.493 e. The zero-order valence-electron chi connectivity index (χ0n) is 16.8. The Bertz CT molecular complexity index is 608. The van der Waals surface area contributed by atoms with Gasteiger partial charge in [0.1, 0.15) is 0 Å². The molecule has 4 aliphatic carbocycles. The SMILES string of the molecule is COc1cc(CC(C)(C)C)ccc1OCOC12CC3CC(CC(C3)C1)C2. The van der Waals surface area contributed by atoms with E-state index in [9.17, 15) is 0 Å². The number of benzene rings is 1. The van der Waals surface area contributed by atoms with Crippen molar-refractivity contribution in [2.24, 2.45) is 23.2 Å². The van der Waals surface area contributed by atoms with E-state index in [0.29, 0.717) is 6.79 Å². The van der Waals surface area contributed by atoms with Gasteiger partial charge < -0.3 is 14.2 Å². The van der Waals surface area contributed by atoms with Gasteiger partial charge in [-0.25, -0.2) is 0 Å². The third kappa shape index (κ3) is 3.88. The van der Waals surface area contributed by atoms with Crippen LogP contribution in [0, 0.1) is 23.2 Å². The Balaban J connectivity index is 1.37. The van der Waals surface area contributed by atoms with Crippen molar-refractivity contribution < 1.29 is 14.2 Å². The van der Waals surface area contributed by atoms with Crippen LogP contribution in [0.1, 0.15) is 64.9 Å². The molecule has 0 aromatic heterocycles. The van der Waals surface area contributed by atoms with E-state index in [1.807, 2.05) is 6.07 Å². The van der Waals surface area contributed by atoms with Crippen molar-refractivity contribution in [2.75, 3.05) is 13.9 Å². The van der Waals surface area contributed by atoms with E-state index >= 15 is 0 Å². The Morgan fingerprint density at radius 2 is 1.58 bits per heavy atom. The van der Waals surface area contributed by atoms with Crippen LogP contribution in [-0.4, -0.2) is 19.5 Å². The molecule has 1 aromatic rings. The fourth-order valence-corrected chi connectivity index (χ4v) is 5.98. The molecule has 0 atom stereocenters. The summed E-state index contributed by atoms with van der Waals surface area (Å²) in [5, 5.41) is 0. The Hall–Kier alpha value is -1.22. The van der Waals surface area contributed by atoms with Crippen molar-refractivity contribution in [1.82, 2.24) is 0 Å². The molecule has 26 heavy (non-hydrogen) atoms. The Kier molecular flexibility index (Phi) is 4.71. The summed E-state index contributed by atoms with van der Waals surface area (Å²) >= 11 is 0. The number of methoxy groups -OCH3 is 1. The molecule has 0 saturated heterocycles. The highest BCUT2D eigenvalue weighted by molar-refractivity contribution is 5.43. The normalized spacial score (nSPS) is 32.7. The highest BCUT2D eigenvalue weighted by Crippen LogP contribution is 2.57. The minimum atomic E-state index is 0.0914. The molecule has 144 valence electrons. The van der Waals surface area contributed by atoms with Crippen LogP contribution in [0.25, 0.3) is 0 Å². The third-order valence-corrected chi connectivity index (χ3v) is 6.52. The Labute approximate surface area is 158 Å². The van der Waals surface area contributed by atoms with Crippen molar-refractivity contribution in [3.63, 3.8) is 0 Å². The predicted molar refractivity (Wildman–Crippen MR) is 104 cm³/mol. The fourth-order valence-electron chi connectivity index (χ4n) is 5.98. The summed E-state index contributed by atoms with van der Waals surface area (Å²) in [6.07, 6.45) is 9.05. The molecule has 0 heterocycles. The van der Waals surface area contributed by atoms with Gasteiger partial charge in [0.05, 0.1) is 12.7 Å². The van der Waals surface area contributed by atoms with Gasteiger partial charge in [0.2, 0.25) is 0 Å². The summed E-state index contributed by atoms with van der Waals surface area (Å²) in [7, 11) is 1.71. The maximum atomic E-state index is 6.38. The molecule has 1 aromatic carbocycles. The Morgan fingerprint density at radius 1 is 0.962 bits per heavy atom. The summed E-state index contributed by atoms with van der Waals surface area (Å²) < 4.78 is 17.9. The van der Waals surface area contributed by atoms with Crippen LogP contribution in [0.4, 0.5) is 0 Å². The lowest BCUT2D eigenvalue weighted by molar-refractivity contribution is -0.190. The molecule has 0 unspecified atom stereocenters. The van der Waals surface area contributed by atoms with Crippen LogP contribution < -0.4 is 9.47 Å². The zero-order chi connectivity index (χ0) is 18.4. The van der Waals surface area contributed by atoms with Crippen molar-refractivity contribution in [1.29, 1.82) is 0 Å². The van der Waals surface area contributed by atoms with Crippen LogP contribution in [0.15, 0.2) is 18.2 Å². The van der Waals surface area contributed by atoms with E-state index < -0.39 is 0 Å². The lowest BCUT2D eigenvalue weighted by atomic mass is 9.54. The summed E-state index contributed by atoms with van der Waals surface area (Å²) in [6, 6.07) is 6.28. The molecule has 4 bridgehead atoms. The van der Waals surface area contributed by atoms with Gasteiger partial charge in [0, 0.05) is 0 Å². The van der Waals surface area contributed by atoms with Crippen LogP contribution in [0.3, 0.4) is 0 Å². The first-order valence-corrected chi connectivity index (χ1v) is 10.3. The molecule has 0 amide bonds. The number of hydrogen-bond donors (Lipinski definition) is 0. The topological polar surface area (TPSA) is 27.7 Å². The van der Waals surface area contributed by atoms with E-state index in [4.69, 9.17) is 14.2 Å². The van der Waals surface area contributed by atoms with E-state index in [1.165, 1.54) is 44.1 Å². The molecule has 3 nitrogen and oxygen atoms in total. The monoisotopic (exact) mass is 358 g/mol. The average Bonchev–Trinajstić information content (AvgIpc) is 2.53. The number of hydrogen-bond acceptors (Lipinski definition) is 3. The van der Waals surface area contributed by atoms with E-state index in [0.717, 1.165) is 35.7 Å². The van der Waals surface area contributed by atoms with E-state index in [2.05, 4.69) is 32.9 Å². The van der Waals surface area contributed by atoms with Crippen molar-refractivity contribution in [3.8, 4) is 11.5 Å². The molecule has 4 aliphatic rings. The van der Waals surface area contributed by atoms with Crippen molar-refractivity contribution in [3.05, 3.63) is 23.8 Å². The average molecular weight is 359 g/mol. The maximum absolute atomic E-state index is 6.38. The fraction of sp³-hybridized carbons (Fsp3) is 0.739. The highest BCUT2D eigenvalue weighted by Gasteiger charge is 2.51. The molecular weight excluding hydrogens is 324 g/mol. The molecule has 4 saturated carbocycles. The first-order chi connectivity index (χ1) is 12.3. The van der Waals surface area contributed by atoms with Gasteiger partial charge in [-0.3, -0.25) is 0 Å². The van der Waals surface area contributed by atoms with Gasteiger partial charge in [0.25, 0.3) is 0 Å². The van der Waals surface area contributed by atoms with E-state index in [1.54, 1.807) is 7.11 Å². The van der Waals surface area contributed by atoms with Gasteiger partial charge in [-0.15, -0.1) is 0 Å². The first-order valence-electron chi connectivity index (χ1n) is 10.3. The smallest absolute Gasteiger partial charge is 0.189 e. The zero-order valence-corrected chi connectivity index (χ0v) is 16.8. The largest absolute Gasteiger partial charge is 0.493 e. The molecule has 0 N–H and O–H groups in total. The van der Waals surface area contributed by atoms with Crippen LogP contribution in [-0.2, 0) is 11.2 Å². The minimum absolute atomic E-state index is 0.0914. The number of rotatable bonds is 6. The summed E-state index contributed by atoms with van der Waals surface area (Å²) in [6.45, 7) is 7.09. The second-order valence-corrected chi connectivity index (χ2v) is 10.2. The number of ether oxygens (including phenoxy) is 3. The van der Waals surface area contributed by atoms with Crippen LogP contribution >= 0.6 is 0 Å². The summed E-state index contributed by atoms with van der Waals surface area (Å²) in [5.74, 6) is 4.28. The second kappa shape index (κ2) is 6.74. The van der Waals surface area contributed by atoms with Gasteiger partial charge in [-0.2, -0.15) is 0 Å². The van der Waals surface area contributed by atoms with Gasteiger partial charge in [-0.1, -0.05) is 26.8 Å². The second-order valence-electron chi connectivity index (χ2n) is 10.2. The lowest BCUT2D eigenvalue weighted by Crippen LogP contribution is -2.52. The molecule has 5 rings (SSSR count). The molecule has 0 spiro atoms. The predicted octanol–water partition coefficient (Wildman–Crippen LogP) is 5.61. The van der Waals surface area contributed by atoms with Crippen LogP contribution in [0.5, 0.6) is 11.5 Å². The van der Waals surface area contributed by atoms with Gasteiger partial charge in [0.15, 0.2) is 18.3 Å². The molecule has 0 radical (unpaired) electrons. The summed E-state index contributed by atoms with van der Waals surface area (Å²) in [4.78, 5) is 0. The quantitative estimate of drug-likeness (QED) is 0.619. The maximum Gasteiger partial charge on any atom is 0.189 e. The molecule has 0 aliphatic heterocycles. The van der Waals surface area contributed by atoms with Crippen molar-refractivity contribution >= 4 is 0 Å². The Morgan fingerprint density at radius 3 is 2.12 bits per heavy atom. The highest BCUT2D eigenvalue weighted by atomic mass is 16.7. The summed E-state index contributed by atoms with van der Waals surface area (Å²) in [5.41, 5.74) is 1.63. The lowest BCUT2D eigenvalue weighted by Gasteiger charge is -2.56. The first kappa shape index (κ1) is 18.2. The van der Waals surface area contributed by atoms with E-state index in [-0.39, 0.29) is 11.0 Å². The standard InChI is InChI=1S/C23H34O3/c1-22(2,3)11-16-5-6-20(21(10-16)24-4)25-15-26-23-12-17-7-18(13-23)9-19(8-17)14-23/h5-6,10,17-19H,7-9,11-15H2,1-4H3. The van der Waals surface area contributed by atoms with Gasteiger partial charge in [-0.05, 0) is 85.8 Å².